The van der Waals surface area contributed by atoms with Crippen LogP contribution >= 0.6 is 0 Å². The summed E-state index contributed by atoms with van der Waals surface area (Å²) in [6.07, 6.45) is 1.46. The molecule has 29 heavy (non-hydrogen) atoms. The normalized spacial score (nSPS) is 16.5. The van der Waals surface area contributed by atoms with Crippen LogP contribution in [0.4, 0.5) is 0 Å². The Hall–Kier alpha value is -1.93. The fraction of sp³-hybridized carbons (Fsp3) is 0.619. The zero-order chi connectivity index (χ0) is 21.6. The summed E-state index contributed by atoms with van der Waals surface area (Å²) in [4.78, 5) is 26.3. The molecule has 0 bridgehead atoms. The third kappa shape index (κ3) is 6.82. The zero-order valence-electron chi connectivity index (χ0n) is 17.7. The van der Waals surface area contributed by atoms with Gasteiger partial charge in [-0.15, -0.1) is 0 Å². The van der Waals surface area contributed by atoms with Crippen LogP contribution in [0.25, 0.3) is 0 Å². The van der Waals surface area contributed by atoms with Gasteiger partial charge in [0.15, 0.2) is 6.10 Å². The van der Waals surface area contributed by atoms with Crippen LogP contribution < -0.4 is 4.72 Å². The molecule has 1 atom stereocenters. The summed E-state index contributed by atoms with van der Waals surface area (Å²) < 4.78 is 32.4. The molecule has 1 saturated heterocycles. The predicted molar refractivity (Wildman–Crippen MR) is 111 cm³/mol. The molecule has 1 unspecified atom stereocenters. The van der Waals surface area contributed by atoms with E-state index in [9.17, 15) is 18.0 Å². The molecule has 0 spiro atoms. The molecule has 0 saturated carbocycles. The maximum atomic E-state index is 12.4. The first-order chi connectivity index (χ1) is 13.6. The van der Waals surface area contributed by atoms with Gasteiger partial charge >= 0.3 is 5.97 Å². The molecular weight excluding hydrogens is 392 g/mol. The number of hydrogen-bond acceptors (Lipinski definition) is 5. The van der Waals surface area contributed by atoms with Gasteiger partial charge < -0.3 is 9.64 Å². The second-order valence-electron chi connectivity index (χ2n) is 7.89. The fourth-order valence-electron chi connectivity index (χ4n) is 3.20. The molecule has 162 valence electrons. The number of ether oxygens (including phenoxy) is 1. The van der Waals surface area contributed by atoms with Gasteiger partial charge in [-0.1, -0.05) is 13.0 Å². The number of nitrogens with zero attached hydrogens (tertiary/aromatic N) is 1. The van der Waals surface area contributed by atoms with E-state index in [-0.39, 0.29) is 23.8 Å². The molecule has 1 aromatic rings. The largest absolute Gasteiger partial charge is 0.453 e. The number of amides is 1. The number of aryl methyl sites for hydroxylation is 2. The Labute approximate surface area is 173 Å². The van der Waals surface area contributed by atoms with Crippen LogP contribution in [0.15, 0.2) is 23.1 Å². The Kier molecular flexibility index (Phi) is 8.22. The SMILES string of the molecule is Cc1ccc(S(=O)(=O)NCCCC(=O)OC(C)C(=O)N2CCC(C)CC2)cc1C. The van der Waals surface area contributed by atoms with Crippen LogP contribution in [0.2, 0.25) is 0 Å². The molecule has 0 aliphatic carbocycles. The number of benzene rings is 1. The maximum absolute atomic E-state index is 12.4. The molecule has 0 aromatic heterocycles. The molecule has 0 radical (unpaired) electrons. The number of piperidine rings is 1. The van der Waals surface area contributed by atoms with Crippen molar-refractivity contribution in [3.8, 4) is 0 Å². The lowest BCUT2D eigenvalue weighted by molar-refractivity contribution is -0.159. The lowest BCUT2D eigenvalue weighted by Gasteiger charge is -2.31. The number of rotatable bonds is 8. The minimum absolute atomic E-state index is 0.0457. The Morgan fingerprint density at radius 3 is 2.48 bits per heavy atom. The van der Waals surface area contributed by atoms with E-state index in [0.29, 0.717) is 25.4 Å². The van der Waals surface area contributed by atoms with E-state index in [2.05, 4.69) is 11.6 Å². The molecule has 1 N–H and O–H groups in total. The van der Waals surface area contributed by atoms with Gasteiger partial charge in [-0.2, -0.15) is 0 Å². The van der Waals surface area contributed by atoms with E-state index in [1.54, 1.807) is 30.0 Å². The summed E-state index contributed by atoms with van der Waals surface area (Å²) in [6.45, 7) is 9.04. The molecule has 1 aromatic carbocycles. The van der Waals surface area contributed by atoms with Crippen molar-refractivity contribution in [2.45, 2.75) is 64.4 Å². The minimum atomic E-state index is -3.62. The Morgan fingerprint density at radius 2 is 1.86 bits per heavy atom. The van der Waals surface area contributed by atoms with Gasteiger partial charge in [0.2, 0.25) is 10.0 Å². The van der Waals surface area contributed by atoms with Crippen LogP contribution in [0.3, 0.4) is 0 Å². The summed E-state index contributed by atoms with van der Waals surface area (Å²) in [7, 11) is -3.62. The second kappa shape index (κ2) is 10.2. The van der Waals surface area contributed by atoms with Gasteiger partial charge in [0.05, 0.1) is 4.90 Å². The van der Waals surface area contributed by atoms with Crippen LogP contribution in [0.1, 0.15) is 50.7 Å². The summed E-state index contributed by atoms with van der Waals surface area (Å²) >= 11 is 0. The highest BCUT2D eigenvalue weighted by atomic mass is 32.2. The van der Waals surface area contributed by atoms with Gasteiger partial charge in [0, 0.05) is 26.1 Å². The highest BCUT2D eigenvalue weighted by molar-refractivity contribution is 7.89. The topological polar surface area (TPSA) is 92.8 Å². The van der Waals surface area contributed by atoms with E-state index in [1.807, 2.05) is 13.8 Å². The number of carbonyl (C=O) groups excluding carboxylic acids is 2. The van der Waals surface area contributed by atoms with Crippen molar-refractivity contribution < 1.29 is 22.7 Å². The van der Waals surface area contributed by atoms with Crippen LogP contribution in [-0.4, -0.2) is 50.9 Å². The van der Waals surface area contributed by atoms with Gasteiger partial charge in [-0.05, 0) is 69.2 Å². The molecule has 1 aliphatic rings. The molecular formula is C21H32N2O5S. The van der Waals surface area contributed by atoms with E-state index in [1.165, 1.54) is 0 Å². The van der Waals surface area contributed by atoms with Gasteiger partial charge in [-0.3, -0.25) is 9.59 Å². The van der Waals surface area contributed by atoms with Crippen molar-refractivity contribution in [1.29, 1.82) is 0 Å². The lowest BCUT2D eigenvalue weighted by atomic mass is 9.99. The minimum Gasteiger partial charge on any atom is -0.453 e. The van der Waals surface area contributed by atoms with E-state index >= 15 is 0 Å². The number of nitrogens with one attached hydrogen (secondary N) is 1. The fourth-order valence-corrected chi connectivity index (χ4v) is 4.36. The molecule has 1 amide bonds. The number of carbonyl (C=O) groups is 2. The van der Waals surface area contributed by atoms with Crippen molar-refractivity contribution in [3.63, 3.8) is 0 Å². The lowest BCUT2D eigenvalue weighted by Crippen LogP contribution is -2.44. The average Bonchev–Trinajstić information content (AvgIpc) is 2.67. The summed E-state index contributed by atoms with van der Waals surface area (Å²) in [5.41, 5.74) is 1.92. The van der Waals surface area contributed by atoms with Crippen molar-refractivity contribution in [2.75, 3.05) is 19.6 Å². The Bertz CT molecular complexity index is 829. The molecule has 1 heterocycles. The molecule has 1 fully saturated rings. The van der Waals surface area contributed by atoms with Crippen molar-refractivity contribution in [1.82, 2.24) is 9.62 Å². The number of esters is 1. The third-order valence-corrected chi connectivity index (χ3v) is 6.85. The van der Waals surface area contributed by atoms with Crippen LogP contribution in [0, 0.1) is 19.8 Å². The zero-order valence-corrected chi connectivity index (χ0v) is 18.5. The summed E-state index contributed by atoms with van der Waals surface area (Å²) in [6, 6.07) is 4.96. The Balaban J connectivity index is 1.73. The monoisotopic (exact) mass is 424 g/mol. The average molecular weight is 425 g/mol. The molecule has 2 rings (SSSR count). The standard InChI is InChI=1S/C21H32N2O5S/c1-15-9-12-23(13-10-15)21(25)18(4)28-20(24)6-5-11-22-29(26,27)19-8-7-16(2)17(3)14-19/h7-8,14-15,18,22H,5-6,9-13H2,1-4H3. The van der Waals surface area contributed by atoms with E-state index in [0.717, 1.165) is 24.0 Å². The van der Waals surface area contributed by atoms with Crippen LogP contribution in [0.5, 0.6) is 0 Å². The van der Waals surface area contributed by atoms with Crippen LogP contribution in [-0.2, 0) is 24.3 Å². The van der Waals surface area contributed by atoms with Gasteiger partial charge in [0.1, 0.15) is 0 Å². The summed E-state index contributed by atoms with van der Waals surface area (Å²) in [5, 5.41) is 0. The first-order valence-electron chi connectivity index (χ1n) is 10.2. The number of likely N-dealkylation sites (tertiary alicyclic amines) is 1. The van der Waals surface area contributed by atoms with E-state index in [4.69, 9.17) is 4.74 Å². The van der Waals surface area contributed by atoms with E-state index < -0.39 is 22.1 Å². The van der Waals surface area contributed by atoms with Crippen molar-refractivity contribution in [3.05, 3.63) is 29.3 Å². The first kappa shape index (κ1) is 23.3. The van der Waals surface area contributed by atoms with Crippen molar-refractivity contribution in [2.24, 2.45) is 5.92 Å². The maximum Gasteiger partial charge on any atom is 0.306 e. The molecule has 8 heteroatoms. The first-order valence-corrected chi connectivity index (χ1v) is 11.6. The quantitative estimate of drug-likeness (QED) is 0.511. The number of hydrogen-bond donors (Lipinski definition) is 1. The van der Waals surface area contributed by atoms with Crippen molar-refractivity contribution >= 4 is 21.9 Å². The Morgan fingerprint density at radius 1 is 1.21 bits per heavy atom. The second-order valence-corrected chi connectivity index (χ2v) is 9.65. The molecule has 7 nitrogen and oxygen atoms in total. The summed E-state index contributed by atoms with van der Waals surface area (Å²) in [5.74, 6) is -0.0493. The predicted octanol–water partition coefficient (Wildman–Crippen LogP) is 2.55. The van der Waals surface area contributed by atoms with Gasteiger partial charge in [-0.25, -0.2) is 13.1 Å². The molecule has 1 aliphatic heterocycles. The highest BCUT2D eigenvalue weighted by Crippen LogP contribution is 2.17. The smallest absolute Gasteiger partial charge is 0.306 e. The van der Waals surface area contributed by atoms with Gasteiger partial charge in [0.25, 0.3) is 5.91 Å². The highest BCUT2D eigenvalue weighted by Gasteiger charge is 2.26. The third-order valence-electron chi connectivity index (χ3n) is 5.39. The number of sulfonamides is 1.